The highest BCUT2D eigenvalue weighted by Gasteiger charge is 2.24. The van der Waals surface area contributed by atoms with Gasteiger partial charge in [-0.25, -0.2) is 0 Å². The van der Waals surface area contributed by atoms with E-state index in [1.807, 2.05) is 0 Å². The molecule has 0 radical (unpaired) electrons. The number of ether oxygens (including phenoxy) is 1. The van der Waals surface area contributed by atoms with E-state index in [0.717, 1.165) is 51.4 Å². The van der Waals surface area contributed by atoms with Crippen molar-refractivity contribution in [1.29, 1.82) is 0 Å². The van der Waals surface area contributed by atoms with Crippen molar-refractivity contribution in [2.75, 3.05) is 32.8 Å². The largest absolute Gasteiger partial charge is 0.379 e. The van der Waals surface area contributed by atoms with Crippen LogP contribution in [0.1, 0.15) is 23.9 Å². The van der Waals surface area contributed by atoms with E-state index < -0.39 is 0 Å². The summed E-state index contributed by atoms with van der Waals surface area (Å²) in [6.45, 7) is 5.66. The lowest BCUT2D eigenvalue weighted by Crippen LogP contribution is -2.35. The second-order valence-electron chi connectivity index (χ2n) is 5.84. The number of nitrogens with one attached hydrogen (secondary N) is 1. The monoisotopic (exact) mass is 300 g/mol. The van der Waals surface area contributed by atoms with Crippen LogP contribution in [0.5, 0.6) is 0 Å². The number of morpholine rings is 1. The highest BCUT2D eigenvalue weighted by molar-refractivity contribution is 5.54. The van der Waals surface area contributed by atoms with Crippen LogP contribution in [0.4, 0.5) is 0 Å². The van der Waals surface area contributed by atoms with Crippen molar-refractivity contribution in [3.63, 3.8) is 0 Å². The van der Waals surface area contributed by atoms with Gasteiger partial charge < -0.3 is 14.6 Å². The number of nitrogens with zero attached hydrogens (tertiary/aromatic N) is 3. The molecule has 1 aromatic carbocycles. The lowest BCUT2D eigenvalue weighted by atomic mass is 10.1. The molecule has 0 spiro atoms. The summed E-state index contributed by atoms with van der Waals surface area (Å²) in [6, 6.07) is 8.66. The molecule has 2 aromatic rings. The molecule has 4 rings (SSSR count). The molecule has 116 valence electrons. The Balaban J connectivity index is 1.43. The van der Waals surface area contributed by atoms with Crippen molar-refractivity contribution in [2.45, 2.75) is 19.0 Å². The van der Waals surface area contributed by atoms with Crippen molar-refractivity contribution >= 4 is 0 Å². The van der Waals surface area contributed by atoms with Crippen molar-refractivity contribution < 1.29 is 9.26 Å². The molecule has 22 heavy (non-hydrogen) atoms. The van der Waals surface area contributed by atoms with Gasteiger partial charge in [0, 0.05) is 25.2 Å². The highest BCUT2D eigenvalue weighted by atomic mass is 16.5. The number of hydrogen-bond donors (Lipinski definition) is 1. The predicted octanol–water partition coefficient (Wildman–Crippen LogP) is 1.60. The maximum Gasteiger partial charge on any atom is 0.244 e. The van der Waals surface area contributed by atoms with Crippen LogP contribution in [0.2, 0.25) is 0 Å². The molecule has 0 saturated carbocycles. The van der Waals surface area contributed by atoms with Gasteiger partial charge in [-0.3, -0.25) is 4.90 Å². The summed E-state index contributed by atoms with van der Waals surface area (Å²) in [6.07, 6.45) is 1.07. The Morgan fingerprint density at radius 3 is 2.64 bits per heavy atom. The van der Waals surface area contributed by atoms with Crippen LogP contribution in [0.3, 0.4) is 0 Å². The van der Waals surface area contributed by atoms with Crippen LogP contribution < -0.4 is 5.32 Å². The van der Waals surface area contributed by atoms with E-state index in [-0.39, 0.29) is 6.04 Å². The smallest absolute Gasteiger partial charge is 0.244 e. The predicted molar refractivity (Wildman–Crippen MR) is 81.2 cm³/mol. The van der Waals surface area contributed by atoms with Gasteiger partial charge in [-0.15, -0.1) is 0 Å². The minimum atomic E-state index is 0.238. The SMILES string of the molecule is c1cc(-c2noc([C@H]3CCN3)n2)ccc1CN1CCOCC1. The Morgan fingerprint density at radius 2 is 1.95 bits per heavy atom. The molecule has 1 aromatic heterocycles. The van der Waals surface area contributed by atoms with Gasteiger partial charge in [0.1, 0.15) is 0 Å². The normalized spacial score (nSPS) is 22.5. The molecule has 0 aliphatic carbocycles. The van der Waals surface area contributed by atoms with E-state index in [9.17, 15) is 0 Å². The zero-order chi connectivity index (χ0) is 14.8. The fourth-order valence-corrected chi connectivity index (χ4v) is 2.77. The van der Waals surface area contributed by atoms with E-state index in [1.165, 1.54) is 5.56 Å². The molecule has 2 aliphatic heterocycles. The minimum absolute atomic E-state index is 0.238. The van der Waals surface area contributed by atoms with Gasteiger partial charge >= 0.3 is 0 Å². The summed E-state index contributed by atoms with van der Waals surface area (Å²) in [5.41, 5.74) is 2.30. The van der Waals surface area contributed by atoms with Gasteiger partial charge in [-0.1, -0.05) is 29.4 Å². The molecule has 3 heterocycles. The van der Waals surface area contributed by atoms with Crippen LogP contribution in [0, 0.1) is 0 Å². The van der Waals surface area contributed by atoms with Gasteiger partial charge in [-0.2, -0.15) is 4.98 Å². The quantitative estimate of drug-likeness (QED) is 0.925. The van der Waals surface area contributed by atoms with Crippen LogP contribution in [-0.4, -0.2) is 47.9 Å². The summed E-state index contributed by atoms with van der Waals surface area (Å²) < 4.78 is 10.7. The summed E-state index contributed by atoms with van der Waals surface area (Å²) in [5.74, 6) is 1.36. The molecule has 2 fully saturated rings. The third kappa shape index (κ3) is 2.90. The van der Waals surface area contributed by atoms with Gasteiger partial charge in [0.15, 0.2) is 0 Å². The van der Waals surface area contributed by atoms with Gasteiger partial charge in [0.2, 0.25) is 11.7 Å². The Kier molecular flexibility index (Phi) is 3.88. The third-order valence-corrected chi connectivity index (χ3v) is 4.29. The Labute approximate surface area is 129 Å². The van der Waals surface area contributed by atoms with Gasteiger partial charge in [0.05, 0.1) is 19.3 Å². The second kappa shape index (κ2) is 6.16. The van der Waals surface area contributed by atoms with Gasteiger partial charge in [-0.05, 0) is 18.5 Å². The topological polar surface area (TPSA) is 63.4 Å². The molecule has 1 atom stereocenters. The van der Waals surface area contributed by atoms with Crippen LogP contribution in [0.15, 0.2) is 28.8 Å². The zero-order valence-electron chi connectivity index (χ0n) is 12.5. The van der Waals surface area contributed by atoms with E-state index in [1.54, 1.807) is 0 Å². The molecular formula is C16H20N4O2. The zero-order valence-corrected chi connectivity index (χ0v) is 12.5. The van der Waals surface area contributed by atoms with Gasteiger partial charge in [0.25, 0.3) is 0 Å². The minimum Gasteiger partial charge on any atom is -0.379 e. The molecule has 1 N–H and O–H groups in total. The molecule has 0 amide bonds. The van der Waals surface area contributed by atoms with E-state index >= 15 is 0 Å². The maximum absolute atomic E-state index is 5.38. The highest BCUT2D eigenvalue weighted by Crippen LogP contribution is 2.24. The molecule has 2 aliphatic rings. The van der Waals surface area contributed by atoms with Crippen molar-refractivity contribution in [3.8, 4) is 11.4 Å². The summed E-state index contributed by atoms with van der Waals surface area (Å²) in [4.78, 5) is 6.89. The summed E-state index contributed by atoms with van der Waals surface area (Å²) in [7, 11) is 0. The number of aromatic nitrogens is 2. The number of hydrogen-bond acceptors (Lipinski definition) is 6. The average Bonchev–Trinajstić information content (AvgIpc) is 2.97. The first-order valence-corrected chi connectivity index (χ1v) is 7.85. The first kappa shape index (κ1) is 13.9. The Hall–Kier alpha value is -1.76. The van der Waals surface area contributed by atoms with Crippen LogP contribution >= 0.6 is 0 Å². The van der Waals surface area contributed by atoms with Crippen molar-refractivity contribution in [1.82, 2.24) is 20.4 Å². The van der Waals surface area contributed by atoms with Crippen LogP contribution in [0.25, 0.3) is 11.4 Å². The van der Waals surface area contributed by atoms with E-state index in [2.05, 4.69) is 44.6 Å². The Morgan fingerprint density at radius 1 is 1.18 bits per heavy atom. The molecule has 2 saturated heterocycles. The average molecular weight is 300 g/mol. The summed E-state index contributed by atoms with van der Waals surface area (Å²) in [5, 5.41) is 7.35. The van der Waals surface area contributed by atoms with Crippen LogP contribution in [-0.2, 0) is 11.3 Å². The molecule has 6 nitrogen and oxygen atoms in total. The fourth-order valence-electron chi connectivity index (χ4n) is 2.77. The second-order valence-corrected chi connectivity index (χ2v) is 5.84. The first-order chi connectivity index (χ1) is 10.9. The molecule has 6 heteroatoms. The molecule has 0 unspecified atom stereocenters. The maximum atomic E-state index is 5.38. The lowest BCUT2D eigenvalue weighted by molar-refractivity contribution is 0.0342. The molecule has 0 bridgehead atoms. The van der Waals surface area contributed by atoms with E-state index in [0.29, 0.717) is 11.7 Å². The fraction of sp³-hybridized carbons (Fsp3) is 0.500. The van der Waals surface area contributed by atoms with Crippen molar-refractivity contribution in [3.05, 3.63) is 35.7 Å². The molecular weight excluding hydrogens is 280 g/mol. The number of rotatable bonds is 4. The summed E-state index contributed by atoms with van der Waals surface area (Å²) >= 11 is 0. The van der Waals surface area contributed by atoms with E-state index in [4.69, 9.17) is 9.26 Å². The Bertz CT molecular complexity index is 615. The standard InChI is InChI=1S/C16H20N4O2/c1-3-13(15-18-16(22-19-15)14-5-6-17-14)4-2-12(1)11-20-7-9-21-10-8-20/h1-4,14,17H,5-11H2/t14-/m1/s1. The third-order valence-electron chi connectivity index (χ3n) is 4.29. The first-order valence-electron chi connectivity index (χ1n) is 7.85. The lowest BCUT2D eigenvalue weighted by Gasteiger charge is -2.26. The number of benzene rings is 1. The van der Waals surface area contributed by atoms with Crippen molar-refractivity contribution in [2.24, 2.45) is 0 Å².